The minimum absolute atomic E-state index is 0.264. The molecule has 0 bridgehead atoms. The molecule has 21 heavy (non-hydrogen) atoms. The standard InChI is InChI=1S/C16H17N3O2/c20-15(21)16-5-1-2-11(16)9-19(10-16)14-4-7-18-13-8-17-6-3-12(13)14/h3-4,6-8,11H,1-2,5,9-10H2,(H,20,21)/t11-,16+/m0/s1. The molecule has 1 aliphatic heterocycles. The lowest BCUT2D eigenvalue weighted by atomic mass is 9.81. The molecule has 0 amide bonds. The van der Waals surface area contributed by atoms with E-state index in [0.29, 0.717) is 6.54 Å². The Morgan fingerprint density at radius 3 is 3.10 bits per heavy atom. The predicted molar refractivity (Wildman–Crippen MR) is 79.2 cm³/mol. The fourth-order valence-corrected chi connectivity index (χ4v) is 4.08. The van der Waals surface area contributed by atoms with Gasteiger partial charge in [-0.25, -0.2) is 0 Å². The van der Waals surface area contributed by atoms with Crippen LogP contribution in [0, 0.1) is 11.3 Å². The number of carboxylic acid groups (broad SMARTS) is 1. The molecule has 2 aromatic heterocycles. The van der Waals surface area contributed by atoms with E-state index < -0.39 is 11.4 Å². The van der Waals surface area contributed by atoms with Crippen LogP contribution in [0.25, 0.3) is 10.9 Å². The summed E-state index contributed by atoms with van der Waals surface area (Å²) in [6, 6.07) is 3.94. The van der Waals surface area contributed by atoms with E-state index in [4.69, 9.17) is 0 Å². The maximum atomic E-state index is 11.8. The number of rotatable bonds is 2. The van der Waals surface area contributed by atoms with Crippen molar-refractivity contribution in [2.75, 3.05) is 18.0 Å². The molecule has 2 aliphatic rings. The first kappa shape index (κ1) is 12.6. The number of carboxylic acids is 1. The molecular weight excluding hydrogens is 266 g/mol. The molecule has 0 unspecified atom stereocenters. The van der Waals surface area contributed by atoms with Crippen LogP contribution in [0.1, 0.15) is 19.3 Å². The lowest BCUT2D eigenvalue weighted by molar-refractivity contribution is -0.149. The minimum Gasteiger partial charge on any atom is -0.481 e. The average molecular weight is 283 g/mol. The highest BCUT2D eigenvalue weighted by Crippen LogP contribution is 2.50. The van der Waals surface area contributed by atoms with E-state index in [2.05, 4.69) is 14.9 Å². The number of pyridine rings is 2. The summed E-state index contributed by atoms with van der Waals surface area (Å²) in [4.78, 5) is 22.5. The van der Waals surface area contributed by atoms with Gasteiger partial charge in [-0.1, -0.05) is 6.42 Å². The van der Waals surface area contributed by atoms with Crippen molar-refractivity contribution >= 4 is 22.6 Å². The maximum absolute atomic E-state index is 11.8. The zero-order chi connectivity index (χ0) is 14.4. The van der Waals surface area contributed by atoms with Gasteiger partial charge in [0.05, 0.1) is 17.1 Å². The van der Waals surface area contributed by atoms with Gasteiger partial charge >= 0.3 is 5.97 Å². The van der Waals surface area contributed by atoms with E-state index in [0.717, 1.165) is 42.4 Å². The zero-order valence-electron chi connectivity index (χ0n) is 11.7. The van der Waals surface area contributed by atoms with Crippen LogP contribution in [0.3, 0.4) is 0 Å². The van der Waals surface area contributed by atoms with Gasteiger partial charge in [0.15, 0.2) is 0 Å². The molecule has 3 heterocycles. The number of hydrogen-bond acceptors (Lipinski definition) is 4. The summed E-state index contributed by atoms with van der Waals surface area (Å²) in [7, 11) is 0. The summed E-state index contributed by atoms with van der Waals surface area (Å²) in [6.45, 7) is 1.43. The number of nitrogens with zero attached hydrogens (tertiary/aromatic N) is 3. The Labute approximate surface area is 122 Å². The SMILES string of the molecule is O=C(O)[C@@]12CCC[C@H]1CN(c1ccnc3cnccc13)C2. The number of hydrogen-bond donors (Lipinski definition) is 1. The molecule has 5 nitrogen and oxygen atoms in total. The third kappa shape index (κ3) is 1.73. The monoisotopic (exact) mass is 283 g/mol. The van der Waals surface area contributed by atoms with Crippen molar-refractivity contribution in [2.45, 2.75) is 19.3 Å². The summed E-state index contributed by atoms with van der Waals surface area (Å²) in [6.07, 6.45) is 8.15. The first-order valence-corrected chi connectivity index (χ1v) is 7.38. The average Bonchev–Trinajstić information content (AvgIpc) is 3.04. The highest BCUT2D eigenvalue weighted by atomic mass is 16.4. The van der Waals surface area contributed by atoms with E-state index in [1.807, 2.05) is 12.1 Å². The molecule has 5 heteroatoms. The summed E-state index contributed by atoms with van der Waals surface area (Å²) >= 11 is 0. The maximum Gasteiger partial charge on any atom is 0.311 e. The Kier molecular flexibility index (Phi) is 2.64. The van der Waals surface area contributed by atoms with Gasteiger partial charge in [-0.3, -0.25) is 14.8 Å². The first-order chi connectivity index (χ1) is 10.2. The highest BCUT2D eigenvalue weighted by Gasteiger charge is 2.55. The van der Waals surface area contributed by atoms with Gasteiger partial charge in [0.25, 0.3) is 0 Å². The topological polar surface area (TPSA) is 66.3 Å². The Morgan fingerprint density at radius 2 is 2.29 bits per heavy atom. The van der Waals surface area contributed by atoms with E-state index in [9.17, 15) is 9.90 Å². The van der Waals surface area contributed by atoms with Gasteiger partial charge in [0.2, 0.25) is 0 Å². The van der Waals surface area contributed by atoms with Gasteiger partial charge in [-0.15, -0.1) is 0 Å². The largest absolute Gasteiger partial charge is 0.481 e. The van der Waals surface area contributed by atoms with Gasteiger partial charge in [0.1, 0.15) is 0 Å². The molecule has 4 rings (SSSR count). The summed E-state index contributed by atoms with van der Waals surface area (Å²) in [5.41, 5.74) is 1.39. The van der Waals surface area contributed by atoms with E-state index in [1.54, 1.807) is 18.6 Å². The third-order valence-electron chi connectivity index (χ3n) is 5.16. The molecule has 1 saturated carbocycles. The minimum atomic E-state index is -0.632. The van der Waals surface area contributed by atoms with Crippen LogP contribution in [-0.4, -0.2) is 34.1 Å². The van der Waals surface area contributed by atoms with E-state index in [-0.39, 0.29) is 5.92 Å². The van der Waals surface area contributed by atoms with Crippen molar-refractivity contribution in [2.24, 2.45) is 11.3 Å². The smallest absolute Gasteiger partial charge is 0.311 e. The molecule has 2 fully saturated rings. The molecule has 108 valence electrons. The van der Waals surface area contributed by atoms with E-state index >= 15 is 0 Å². The molecule has 0 radical (unpaired) electrons. The second-order valence-corrected chi connectivity index (χ2v) is 6.15. The molecule has 2 atom stereocenters. The van der Waals surface area contributed by atoms with Crippen molar-refractivity contribution in [1.29, 1.82) is 0 Å². The van der Waals surface area contributed by atoms with Gasteiger partial charge in [0, 0.05) is 36.6 Å². The Hall–Kier alpha value is -2.17. The summed E-state index contributed by atoms with van der Waals surface area (Å²) in [5, 5.41) is 10.8. The van der Waals surface area contributed by atoms with Crippen LogP contribution >= 0.6 is 0 Å². The Morgan fingerprint density at radius 1 is 1.38 bits per heavy atom. The number of fused-ring (bicyclic) bond motifs is 2. The lowest BCUT2D eigenvalue weighted by Gasteiger charge is -2.24. The zero-order valence-corrected chi connectivity index (χ0v) is 11.7. The predicted octanol–water partition coefficient (Wildman–Crippen LogP) is 2.32. The van der Waals surface area contributed by atoms with Gasteiger partial charge in [-0.05, 0) is 30.9 Å². The van der Waals surface area contributed by atoms with Gasteiger partial charge < -0.3 is 10.0 Å². The molecule has 0 spiro atoms. The van der Waals surface area contributed by atoms with Gasteiger partial charge in [-0.2, -0.15) is 0 Å². The van der Waals surface area contributed by atoms with Crippen LogP contribution in [0.15, 0.2) is 30.7 Å². The fourth-order valence-electron chi connectivity index (χ4n) is 4.08. The van der Waals surface area contributed by atoms with Crippen LogP contribution in [0.5, 0.6) is 0 Å². The molecular formula is C16H17N3O2. The first-order valence-electron chi connectivity index (χ1n) is 7.38. The fraction of sp³-hybridized carbons (Fsp3) is 0.438. The number of aliphatic carboxylic acids is 1. The number of anilines is 1. The van der Waals surface area contributed by atoms with Crippen molar-refractivity contribution in [1.82, 2.24) is 9.97 Å². The van der Waals surface area contributed by atoms with Crippen molar-refractivity contribution in [3.8, 4) is 0 Å². The Balaban J connectivity index is 1.76. The molecule has 1 saturated heterocycles. The summed E-state index contributed by atoms with van der Waals surface area (Å²) in [5.74, 6) is -0.368. The Bertz CT molecular complexity index is 712. The number of carbonyl (C=O) groups is 1. The van der Waals surface area contributed by atoms with Crippen LogP contribution in [-0.2, 0) is 4.79 Å². The molecule has 1 aliphatic carbocycles. The van der Waals surface area contributed by atoms with Crippen molar-refractivity contribution < 1.29 is 9.90 Å². The quantitative estimate of drug-likeness (QED) is 0.916. The normalized spacial score (nSPS) is 28.0. The molecule has 2 aromatic rings. The van der Waals surface area contributed by atoms with Crippen LogP contribution in [0.4, 0.5) is 5.69 Å². The third-order valence-corrected chi connectivity index (χ3v) is 5.16. The highest BCUT2D eigenvalue weighted by molar-refractivity contribution is 5.91. The second-order valence-electron chi connectivity index (χ2n) is 6.15. The van der Waals surface area contributed by atoms with Crippen molar-refractivity contribution in [3.05, 3.63) is 30.7 Å². The molecule has 1 N–H and O–H groups in total. The second kappa shape index (κ2) is 4.41. The van der Waals surface area contributed by atoms with E-state index in [1.165, 1.54) is 0 Å². The van der Waals surface area contributed by atoms with Crippen LogP contribution in [0.2, 0.25) is 0 Å². The van der Waals surface area contributed by atoms with Crippen molar-refractivity contribution in [3.63, 3.8) is 0 Å². The number of aromatic nitrogens is 2. The summed E-state index contributed by atoms with van der Waals surface area (Å²) < 4.78 is 0. The van der Waals surface area contributed by atoms with Crippen LogP contribution < -0.4 is 4.90 Å². The lowest BCUT2D eigenvalue weighted by Crippen LogP contribution is -2.35. The molecule has 0 aromatic carbocycles.